The zero-order chi connectivity index (χ0) is 10.7. The van der Waals surface area contributed by atoms with Gasteiger partial charge < -0.3 is 9.42 Å². The highest BCUT2D eigenvalue weighted by Crippen LogP contribution is 2.19. The molecule has 1 aromatic heterocycles. The SMILES string of the molecule is CN1CCC(Cc2nc(C=O)no2)CC1. The van der Waals surface area contributed by atoms with Crippen LogP contribution in [-0.2, 0) is 6.42 Å². The van der Waals surface area contributed by atoms with Gasteiger partial charge in [-0.3, -0.25) is 4.79 Å². The van der Waals surface area contributed by atoms with Crippen molar-refractivity contribution in [1.82, 2.24) is 15.0 Å². The van der Waals surface area contributed by atoms with Gasteiger partial charge in [-0.25, -0.2) is 0 Å². The first-order valence-corrected chi connectivity index (χ1v) is 5.24. The molecule has 0 bridgehead atoms. The Bertz CT molecular complexity index is 329. The number of likely N-dealkylation sites (tertiary alicyclic amines) is 1. The summed E-state index contributed by atoms with van der Waals surface area (Å²) in [5.41, 5.74) is 0. The number of nitrogens with zero attached hydrogens (tertiary/aromatic N) is 3. The average Bonchev–Trinajstić information content (AvgIpc) is 2.69. The maximum Gasteiger partial charge on any atom is 0.235 e. The number of hydrogen-bond donors (Lipinski definition) is 0. The van der Waals surface area contributed by atoms with Gasteiger partial charge >= 0.3 is 0 Å². The van der Waals surface area contributed by atoms with Gasteiger partial charge in [0.05, 0.1) is 0 Å². The zero-order valence-corrected chi connectivity index (χ0v) is 8.85. The normalized spacial score (nSPS) is 19.3. The number of aromatic nitrogens is 2. The molecule has 1 aromatic rings. The molecule has 1 aliphatic rings. The summed E-state index contributed by atoms with van der Waals surface area (Å²) in [5.74, 6) is 1.35. The van der Waals surface area contributed by atoms with E-state index in [1.807, 2.05) is 0 Å². The van der Waals surface area contributed by atoms with Gasteiger partial charge in [0.15, 0.2) is 6.29 Å². The molecule has 1 fully saturated rings. The van der Waals surface area contributed by atoms with Gasteiger partial charge in [-0.2, -0.15) is 4.98 Å². The second-order valence-corrected chi connectivity index (χ2v) is 4.11. The third-order valence-electron chi connectivity index (χ3n) is 2.89. The number of carbonyl (C=O) groups excluding carboxylic acids is 1. The van der Waals surface area contributed by atoms with Crippen LogP contribution in [0.5, 0.6) is 0 Å². The molecule has 2 rings (SSSR count). The van der Waals surface area contributed by atoms with Gasteiger partial charge in [-0.15, -0.1) is 0 Å². The van der Waals surface area contributed by atoms with E-state index in [0.29, 0.717) is 18.1 Å². The van der Waals surface area contributed by atoms with E-state index in [4.69, 9.17) is 4.52 Å². The Hall–Kier alpha value is -1.23. The van der Waals surface area contributed by atoms with Crippen molar-refractivity contribution in [2.45, 2.75) is 19.3 Å². The Morgan fingerprint density at radius 3 is 2.87 bits per heavy atom. The van der Waals surface area contributed by atoms with E-state index in [2.05, 4.69) is 22.1 Å². The van der Waals surface area contributed by atoms with Crippen LogP contribution in [0.25, 0.3) is 0 Å². The van der Waals surface area contributed by atoms with Crippen LogP contribution in [0.2, 0.25) is 0 Å². The van der Waals surface area contributed by atoms with Crippen molar-refractivity contribution in [3.05, 3.63) is 11.7 Å². The number of hydrogen-bond acceptors (Lipinski definition) is 5. The Morgan fingerprint density at radius 1 is 1.53 bits per heavy atom. The molecule has 82 valence electrons. The lowest BCUT2D eigenvalue weighted by Crippen LogP contribution is -2.30. The molecule has 0 saturated carbocycles. The fourth-order valence-electron chi connectivity index (χ4n) is 1.91. The van der Waals surface area contributed by atoms with Crippen LogP contribution in [0.15, 0.2) is 4.52 Å². The predicted molar refractivity (Wildman–Crippen MR) is 53.6 cm³/mol. The molecule has 0 N–H and O–H groups in total. The summed E-state index contributed by atoms with van der Waals surface area (Å²) < 4.78 is 4.98. The van der Waals surface area contributed by atoms with Gasteiger partial charge in [-0.1, -0.05) is 5.16 Å². The first-order chi connectivity index (χ1) is 7.28. The maximum absolute atomic E-state index is 10.4. The van der Waals surface area contributed by atoms with Crippen molar-refractivity contribution in [3.8, 4) is 0 Å². The molecule has 1 saturated heterocycles. The number of aldehydes is 1. The maximum atomic E-state index is 10.4. The molecule has 15 heavy (non-hydrogen) atoms. The van der Waals surface area contributed by atoms with E-state index < -0.39 is 0 Å². The molecule has 0 amide bonds. The van der Waals surface area contributed by atoms with E-state index in [-0.39, 0.29) is 5.82 Å². The van der Waals surface area contributed by atoms with Crippen molar-refractivity contribution in [2.75, 3.05) is 20.1 Å². The first kappa shape index (κ1) is 10.3. The topological polar surface area (TPSA) is 59.2 Å². The summed E-state index contributed by atoms with van der Waals surface area (Å²) in [5, 5.41) is 3.55. The van der Waals surface area contributed by atoms with Crippen molar-refractivity contribution in [3.63, 3.8) is 0 Å². The highest BCUT2D eigenvalue weighted by molar-refractivity contribution is 5.68. The first-order valence-electron chi connectivity index (χ1n) is 5.24. The van der Waals surface area contributed by atoms with Crippen molar-refractivity contribution in [1.29, 1.82) is 0 Å². The second-order valence-electron chi connectivity index (χ2n) is 4.11. The quantitative estimate of drug-likeness (QED) is 0.688. The molecule has 0 radical (unpaired) electrons. The summed E-state index contributed by atoms with van der Waals surface area (Å²) >= 11 is 0. The molecule has 0 spiro atoms. The van der Waals surface area contributed by atoms with E-state index in [1.165, 1.54) is 0 Å². The minimum Gasteiger partial charge on any atom is -0.339 e. The minimum atomic E-state index is 0.151. The lowest BCUT2D eigenvalue weighted by atomic mass is 9.94. The lowest BCUT2D eigenvalue weighted by Gasteiger charge is -2.27. The van der Waals surface area contributed by atoms with Gasteiger partial charge in [0.1, 0.15) is 0 Å². The van der Waals surface area contributed by atoms with Gasteiger partial charge in [-0.05, 0) is 38.9 Å². The van der Waals surface area contributed by atoms with Crippen LogP contribution in [0.3, 0.4) is 0 Å². The van der Waals surface area contributed by atoms with Crippen LogP contribution < -0.4 is 0 Å². The highest BCUT2D eigenvalue weighted by Gasteiger charge is 2.19. The number of rotatable bonds is 3. The van der Waals surface area contributed by atoms with E-state index in [1.54, 1.807) is 0 Å². The smallest absolute Gasteiger partial charge is 0.235 e. The van der Waals surface area contributed by atoms with Crippen molar-refractivity contribution < 1.29 is 9.32 Å². The zero-order valence-electron chi connectivity index (χ0n) is 8.85. The fourth-order valence-corrected chi connectivity index (χ4v) is 1.91. The van der Waals surface area contributed by atoms with Crippen LogP contribution in [-0.4, -0.2) is 41.5 Å². The van der Waals surface area contributed by atoms with E-state index in [0.717, 1.165) is 32.4 Å². The highest BCUT2D eigenvalue weighted by atomic mass is 16.5. The standard InChI is InChI=1S/C10H15N3O2/c1-13-4-2-8(3-5-13)6-10-11-9(7-14)12-15-10/h7-8H,2-6H2,1H3. The van der Waals surface area contributed by atoms with Crippen LogP contribution >= 0.6 is 0 Å². The van der Waals surface area contributed by atoms with E-state index >= 15 is 0 Å². The molecular weight excluding hydrogens is 194 g/mol. The molecule has 2 heterocycles. The van der Waals surface area contributed by atoms with Crippen LogP contribution in [0.4, 0.5) is 0 Å². The second kappa shape index (κ2) is 4.53. The Labute approximate surface area is 88.5 Å². The molecule has 5 heteroatoms. The lowest BCUT2D eigenvalue weighted by molar-refractivity contribution is 0.111. The largest absolute Gasteiger partial charge is 0.339 e. The molecule has 0 aliphatic carbocycles. The Balaban J connectivity index is 1.88. The van der Waals surface area contributed by atoms with Gasteiger partial charge in [0.25, 0.3) is 0 Å². The molecule has 0 unspecified atom stereocenters. The number of carbonyl (C=O) groups is 1. The average molecular weight is 209 g/mol. The molecule has 1 aliphatic heterocycles. The minimum absolute atomic E-state index is 0.151. The summed E-state index contributed by atoms with van der Waals surface area (Å²) in [7, 11) is 2.13. The summed E-state index contributed by atoms with van der Waals surface area (Å²) in [6.45, 7) is 2.25. The van der Waals surface area contributed by atoms with Gasteiger partial charge in [0, 0.05) is 6.42 Å². The van der Waals surface area contributed by atoms with Crippen molar-refractivity contribution in [2.24, 2.45) is 5.92 Å². The molecule has 5 nitrogen and oxygen atoms in total. The third kappa shape index (κ3) is 2.62. The van der Waals surface area contributed by atoms with Crippen LogP contribution in [0, 0.1) is 5.92 Å². The van der Waals surface area contributed by atoms with E-state index in [9.17, 15) is 4.79 Å². The Kier molecular flexibility index (Phi) is 3.11. The fraction of sp³-hybridized carbons (Fsp3) is 0.700. The summed E-state index contributed by atoms with van der Waals surface area (Å²) in [4.78, 5) is 16.7. The van der Waals surface area contributed by atoms with Crippen LogP contribution in [0.1, 0.15) is 29.4 Å². The summed E-state index contributed by atoms with van der Waals surface area (Å²) in [6, 6.07) is 0. The monoisotopic (exact) mass is 209 g/mol. The predicted octanol–water partition coefficient (Wildman–Crippen LogP) is 0.766. The summed E-state index contributed by atoms with van der Waals surface area (Å²) in [6.07, 6.45) is 3.74. The molecular formula is C10H15N3O2. The number of piperidine rings is 1. The Morgan fingerprint density at radius 2 is 2.27 bits per heavy atom. The molecule has 0 atom stereocenters. The van der Waals surface area contributed by atoms with Gasteiger partial charge in [0.2, 0.25) is 11.7 Å². The van der Waals surface area contributed by atoms with Crippen molar-refractivity contribution >= 4 is 6.29 Å². The third-order valence-corrected chi connectivity index (χ3v) is 2.89. The molecule has 0 aromatic carbocycles.